The van der Waals surface area contributed by atoms with E-state index < -0.39 is 0 Å². The van der Waals surface area contributed by atoms with Crippen LogP contribution in [0, 0.1) is 5.92 Å². The van der Waals surface area contributed by atoms with E-state index in [-0.39, 0.29) is 0 Å². The van der Waals surface area contributed by atoms with E-state index in [2.05, 4.69) is 42.7 Å². The van der Waals surface area contributed by atoms with Gasteiger partial charge in [-0.3, -0.25) is 5.43 Å². The van der Waals surface area contributed by atoms with E-state index in [0.29, 0.717) is 23.9 Å². The van der Waals surface area contributed by atoms with Crippen LogP contribution >= 0.6 is 0 Å². The zero-order chi connectivity index (χ0) is 14.7. The average molecular weight is 289 g/mol. The number of hydrogen-bond donors (Lipinski definition) is 3. The molecule has 4 N–H and O–H groups in total. The second-order valence-corrected chi connectivity index (χ2v) is 5.37. The number of nitrogens with two attached hydrogens (primary N) is 1. The first-order valence-electron chi connectivity index (χ1n) is 7.09. The van der Waals surface area contributed by atoms with E-state index in [1.807, 2.05) is 0 Å². The molecular weight excluding hydrogens is 270 g/mol. The molecule has 3 rings (SSSR count). The van der Waals surface area contributed by atoms with Crippen LogP contribution in [0.25, 0.3) is 5.95 Å². The number of rotatable bonds is 4. The Morgan fingerprint density at radius 3 is 2.57 bits per heavy atom. The monoisotopic (exact) mass is 289 g/mol. The van der Waals surface area contributed by atoms with Crippen LogP contribution in [0.2, 0.25) is 0 Å². The number of hydrogen-bond acceptors (Lipinski definition) is 8. The number of nitrogens with zero attached hydrogens (tertiary/aromatic N) is 6. The van der Waals surface area contributed by atoms with E-state index in [4.69, 9.17) is 5.84 Å². The minimum Gasteiger partial charge on any atom is -0.351 e. The number of hydrazine groups is 1. The topological polar surface area (TPSA) is 119 Å². The molecule has 0 radical (unpaired) electrons. The van der Waals surface area contributed by atoms with Crippen LogP contribution in [0.1, 0.15) is 32.6 Å². The summed E-state index contributed by atoms with van der Waals surface area (Å²) in [6, 6.07) is 0.387. The van der Waals surface area contributed by atoms with Crippen LogP contribution in [-0.4, -0.2) is 35.8 Å². The highest BCUT2D eigenvalue weighted by Crippen LogP contribution is 2.25. The smallest absolute Gasteiger partial charge is 0.258 e. The van der Waals surface area contributed by atoms with Gasteiger partial charge in [0.05, 0.1) is 0 Å². The van der Waals surface area contributed by atoms with Crippen molar-refractivity contribution in [3.05, 3.63) is 12.7 Å². The molecule has 0 amide bonds. The first-order chi connectivity index (χ1) is 10.2. The molecule has 0 spiro atoms. The maximum absolute atomic E-state index is 5.42. The van der Waals surface area contributed by atoms with E-state index in [1.54, 1.807) is 0 Å². The molecule has 2 aromatic heterocycles. The molecule has 9 nitrogen and oxygen atoms in total. The summed E-state index contributed by atoms with van der Waals surface area (Å²) < 4.78 is 1.47. The molecule has 0 saturated heterocycles. The van der Waals surface area contributed by atoms with E-state index >= 15 is 0 Å². The molecule has 1 saturated carbocycles. The number of nitrogens with one attached hydrogen (secondary N) is 2. The SMILES string of the molecule is CC1CCC(Nc2nc(NN)nc(-n3cncn3)n2)CC1. The fraction of sp³-hybridized carbons (Fsp3) is 0.583. The Labute approximate surface area is 122 Å². The minimum absolute atomic E-state index is 0.294. The first-order valence-corrected chi connectivity index (χ1v) is 7.09. The van der Waals surface area contributed by atoms with Crippen molar-refractivity contribution >= 4 is 11.9 Å². The van der Waals surface area contributed by atoms with Crippen molar-refractivity contribution in [1.82, 2.24) is 29.7 Å². The zero-order valence-electron chi connectivity index (χ0n) is 11.9. The summed E-state index contributed by atoms with van der Waals surface area (Å²) >= 11 is 0. The van der Waals surface area contributed by atoms with Crippen LogP contribution in [0.15, 0.2) is 12.7 Å². The van der Waals surface area contributed by atoms with Crippen molar-refractivity contribution in [2.45, 2.75) is 38.6 Å². The third-order valence-corrected chi connectivity index (χ3v) is 3.73. The van der Waals surface area contributed by atoms with E-state index in [0.717, 1.165) is 18.8 Å². The molecule has 0 bridgehead atoms. The summed E-state index contributed by atoms with van der Waals surface area (Å²) in [5.74, 6) is 7.39. The summed E-state index contributed by atoms with van der Waals surface area (Å²) in [7, 11) is 0. The van der Waals surface area contributed by atoms with E-state index in [1.165, 1.54) is 30.2 Å². The molecule has 21 heavy (non-hydrogen) atoms. The van der Waals surface area contributed by atoms with Crippen LogP contribution in [0.4, 0.5) is 11.9 Å². The van der Waals surface area contributed by atoms with Gasteiger partial charge in [0.25, 0.3) is 5.95 Å². The van der Waals surface area contributed by atoms with Crippen molar-refractivity contribution < 1.29 is 0 Å². The van der Waals surface area contributed by atoms with Gasteiger partial charge in [-0.25, -0.2) is 10.8 Å². The summed E-state index contributed by atoms with van der Waals surface area (Å²) in [5.41, 5.74) is 2.45. The molecule has 1 aliphatic carbocycles. The summed E-state index contributed by atoms with van der Waals surface area (Å²) in [6.45, 7) is 2.29. The molecule has 2 heterocycles. The summed E-state index contributed by atoms with van der Waals surface area (Å²) in [4.78, 5) is 16.7. The fourth-order valence-electron chi connectivity index (χ4n) is 2.49. The third-order valence-electron chi connectivity index (χ3n) is 3.73. The average Bonchev–Trinajstić information content (AvgIpc) is 3.04. The Morgan fingerprint density at radius 2 is 1.90 bits per heavy atom. The lowest BCUT2D eigenvalue weighted by molar-refractivity contribution is 0.360. The molecule has 2 aromatic rings. The maximum Gasteiger partial charge on any atom is 0.258 e. The van der Waals surface area contributed by atoms with Gasteiger partial charge in [0.1, 0.15) is 12.7 Å². The lowest BCUT2D eigenvalue weighted by Crippen LogP contribution is -2.27. The van der Waals surface area contributed by atoms with Crippen molar-refractivity contribution in [3.8, 4) is 5.95 Å². The normalized spacial score (nSPS) is 22.0. The molecule has 1 fully saturated rings. The molecule has 0 unspecified atom stereocenters. The molecular formula is C12H19N9. The highest BCUT2D eigenvalue weighted by atomic mass is 15.4. The van der Waals surface area contributed by atoms with Gasteiger partial charge in [0, 0.05) is 6.04 Å². The van der Waals surface area contributed by atoms with Crippen LogP contribution in [-0.2, 0) is 0 Å². The lowest BCUT2D eigenvalue weighted by Gasteiger charge is -2.26. The van der Waals surface area contributed by atoms with Crippen LogP contribution < -0.4 is 16.6 Å². The lowest BCUT2D eigenvalue weighted by atomic mass is 9.87. The van der Waals surface area contributed by atoms with Gasteiger partial charge < -0.3 is 5.32 Å². The predicted octanol–water partition coefficient (Wildman–Crippen LogP) is 0.728. The van der Waals surface area contributed by atoms with E-state index in [9.17, 15) is 0 Å². The summed E-state index contributed by atoms with van der Waals surface area (Å²) in [5, 5.41) is 7.38. The second kappa shape index (κ2) is 6.00. The second-order valence-electron chi connectivity index (χ2n) is 5.37. The predicted molar refractivity (Wildman–Crippen MR) is 77.6 cm³/mol. The highest BCUT2D eigenvalue weighted by Gasteiger charge is 2.19. The maximum atomic E-state index is 5.42. The zero-order valence-corrected chi connectivity index (χ0v) is 11.9. The molecule has 1 aliphatic rings. The van der Waals surface area contributed by atoms with Gasteiger partial charge in [-0.05, 0) is 31.6 Å². The number of aromatic nitrogens is 6. The van der Waals surface area contributed by atoms with Gasteiger partial charge in [0.2, 0.25) is 11.9 Å². The molecule has 112 valence electrons. The van der Waals surface area contributed by atoms with Crippen LogP contribution in [0.5, 0.6) is 0 Å². The van der Waals surface area contributed by atoms with Crippen molar-refractivity contribution in [2.24, 2.45) is 11.8 Å². The van der Waals surface area contributed by atoms with Gasteiger partial charge in [-0.1, -0.05) is 6.92 Å². The largest absolute Gasteiger partial charge is 0.351 e. The number of nitrogen functional groups attached to an aromatic ring is 1. The first kappa shape index (κ1) is 13.7. The fourth-order valence-corrected chi connectivity index (χ4v) is 2.49. The summed E-state index contributed by atoms with van der Waals surface area (Å²) in [6.07, 6.45) is 7.64. The Morgan fingerprint density at radius 1 is 1.14 bits per heavy atom. The van der Waals surface area contributed by atoms with Gasteiger partial charge in [-0.2, -0.15) is 24.7 Å². The quantitative estimate of drug-likeness (QED) is 0.556. The Hall–Kier alpha value is -2.29. The van der Waals surface area contributed by atoms with Crippen molar-refractivity contribution in [1.29, 1.82) is 0 Å². The third kappa shape index (κ3) is 3.24. The van der Waals surface area contributed by atoms with Crippen LogP contribution in [0.3, 0.4) is 0 Å². The van der Waals surface area contributed by atoms with Crippen molar-refractivity contribution in [2.75, 3.05) is 10.7 Å². The standard InChI is InChI=1S/C12H19N9/c1-8-2-4-9(5-3-8)16-10-17-11(20-13)19-12(18-10)21-7-14-6-15-21/h6-9H,2-5,13H2,1H3,(H2,16,17,18,19,20). The number of anilines is 2. The Balaban J connectivity index is 1.79. The van der Waals surface area contributed by atoms with Gasteiger partial charge in [-0.15, -0.1) is 0 Å². The molecule has 0 aromatic carbocycles. The van der Waals surface area contributed by atoms with Gasteiger partial charge >= 0.3 is 0 Å². The van der Waals surface area contributed by atoms with Gasteiger partial charge in [0.15, 0.2) is 0 Å². The molecule has 0 aliphatic heterocycles. The Bertz CT molecular complexity index is 574. The van der Waals surface area contributed by atoms with Crippen molar-refractivity contribution in [3.63, 3.8) is 0 Å². The molecule has 9 heteroatoms. The Kier molecular flexibility index (Phi) is 3.91. The highest BCUT2D eigenvalue weighted by molar-refractivity contribution is 5.37. The molecule has 0 atom stereocenters. The minimum atomic E-state index is 0.294.